The molecule has 2 nitrogen and oxygen atoms in total. The monoisotopic (exact) mass is 187 g/mol. The molecule has 2 heteroatoms. The van der Waals surface area contributed by atoms with Crippen LogP contribution in [0.2, 0.25) is 0 Å². The fraction of sp³-hybridized carbons (Fsp3) is 0.250. The molecule has 2 N–H and O–H groups in total. The summed E-state index contributed by atoms with van der Waals surface area (Å²) in [6.07, 6.45) is 5.64. The quantitative estimate of drug-likeness (QED) is 0.721. The summed E-state index contributed by atoms with van der Waals surface area (Å²) in [4.78, 5) is 11.3. The highest BCUT2D eigenvalue weighted by molar-refractivity contribution is 5.83. The van der Waals surface area contributed by atoms with Crippen LogP contribution >= 0.6 is 0 Å². The molecular formula is C12H13NO. The third-order valence-electron chi connectivity index (χ3n) is 2.03. The predicted molar refractivity (Wildman–Crippen MR) is 56.5 cm³/mol. The van der Waals surface area contributed by atoms with Gasteiger partial charge in [-0.05, 0) is 11.1 Å². The molecule has 0 aliphatic carbocycles. The Hall–Kier alpha value is -1.59. The van der Waals surface area contributed by atoms with Gasteiger partial charge < -0.3 is 5.73 Å². The minimum atomic E-state index is 0.0633. The Morgan fingerprint density at radius 1 is 1.36 bits per heavy atom. The molecule has 72 valence electrons. The summed E-state index contributed by atoms with van der Waals surface area (Å²) in [7, 11) is 0. The Morgan fingerprint density at radius 2 is 2.00 bits per heavy atom. The number of hydrogen-bond donors (Lipinski definition) is 1. The number of terminal acetylenes is 1. The Morgan fingerprint density at radius 3 is 2.57 bits per heavy atom. The van der Waals surface area contributed by atoms with Crippen molar-refractivity contribution >= 4 is 5.78 Å². The van der Waals surface area contributed by atoms with Gasteiger partial charge in [0.25, 0.3) is 0 Å². The molecule has 0 spiro atoms. The van der Waals surface area contributed by atoms with Crippen LogP contribution in [-0.4, -0.2) is 5.78 Å². The van der Waals surface area contributed by atoms with Gasteiger partial charge in [-0.15, -0.1) is 6.42 Å². The molecule has 1 aromatic rings. The van der Waals surface area contributed by atoms with Gasteiger partial charge in [-0.25, -0.2) is 0 Å². The zero-order chi connectivity index (χ0) is 10.4. The van der Waals surface area contributed by atoms with Crippen molar-refractivity contribution in [3.05, 3.63) is 35.4 Å². The lowest BCUT2D eigenvalue weighted by atomic mass is 10.0. The number of carbonyl (C=O) groups is 1. The number of hydrogen-bond acceptors (Lipinski definition) is 2. The van der Waals surface area contributed by atoms with Crippen LogP contribution < -0.4 is 5.73 Å². The minimum absolute atomic E-state index is 0.0633. The summed E-state index contributed by atoms with van der Waals surface area (Å²) in [5.74, 6) is 2.41. The van der Waals surface area contributed by atoms with Crippen LogP contribution in [0.15, 0.2) is 24.3 Å². The summed E-state index contributed by atoms with van der Waals surface area (Å²) < 4.78 is 0. The number of carbonyl (C=O) groups excluding carboxylic acids is 1. The van der Waals surface area contributed by atoms with E-state index in [2.05, 4.69) is 5.92 Å². The van der Waals surface area contributed by atoms with Crippen LogP contribution in [0.5, 0.6) is 0 Å². The minimum Gasteiger partial charge on any atom is -0.326 e. The Kier molecular flexibility index (Phi) is 3.90. The average molecular weight is 187 g/mol. The van der Waals surface area contributed by atoms with Gasteiger partial charge in [0.2, 0.25) is 0 Å². The average Bonchev–Trinajstić information content (AvgIpc) is 2.19. The number of ketones is 1. The third-order valence-corrected chi connectivity index (χ3v) is 2.03. The fourth-order valence-electron chi connectivity index (χ4n) is 1.32. The molecular weight excluding hydrogens is 174 g/mol. The Bertz CT molecular complexity index is 363. The molecule has 0 fully saturated rings. The van der Waals surface area contributed by atoms with E-state index < -0.39 is 0 Å². The first-order chi connectivity index (χ1) is 6.77. The second-order valence-corrected chi connectivity index (χ2v) is 3.07. The summed E-state index contributed by atoms with van der Waals surface area (Å²) in [6, 6.07) is 7.66. The molecule has 0 heterocycles. The molecule has 1 aromatic carbocycles. The lowest BCUT2D eigenvalue weighted by Gasteiger charge is -2.05. The summed E-state index contributed by atoms with van der Waals surface area (Å²) in [5, 5.41) is 0. The van der Waals surface area contributed by atoms with Crippen LogP contribution in [0.1, 0.15) is 17.5 Å². The van der Waals surface area contributed by atoms with Crippen LogP contribution in [0.25, 0.3) is 0 Å². The molecule has 0 aliphatic heterocycles. The third kappa shape index (κ3) is 2.72. The predicted octanol–water partition coefficient (Wildman–Crippen LogP) is 1.28. The highest BCUT2D eigenvalue weighted by Gasteiger charge is 2.05. The SMILES string of the molecule is C#CCC(=O)Cc1ccccc1CN. The first-order valence-corrected chi connectivity index (χ1v) is 4.50. The maximum Gasteiger partial charge on any atom is 0.149 e. The van der Waals surface area contributed by atoms with Crippen molar-refractivity contribution in [2.45, 2.75) is 19.4 Å². The summed E-state index contributed by atoms with van der Waals surface area (Å²) >= 11 is 0. The lowest BCUT2D eigenvalue weighted by molar-refractivity contribution is -0.117. The summed E-state index contributed by atoms with van der Waals surface area (Å²) in [5.41, 5.74) is 7.54. The Labute approximate surface area is 84.1 Å². The topological polar surface area (TPSA) is 43.1 Å². The molecule has 1 rings (SSSR count). The van der Waals surface area contributed by atoms with Gasteiger partial charge in [0.05, 0.1) is 6.42 Å². The van der Waals surface area contributed by atoms with Crippen molar-refractivity contribution in [3.8, 4) is 12.3 Å². The first kappa shape index (κ1) is 10.5. The summed E-state index contributed by atoms with van der Waals surface area (Å²) in [6.45, 7) is 0.458. The van der Waals surface area contributed by atoms with Crippen molar-refractivity contribution in [2.24, 2.45) is 5.73 Å². The van der Waals surface area contributed by atoms with E-state index in [9.17, 15) is 4.79 Å². The standard InChI is InChI=1S/C12H13NO/c1-2-5-12(14)8-10-6-3-4-7-11(10)9-13/h1,3-4,6-7H,5,8-9,13H2. The van der Waals surface area contributed by atoms with Crippen LogP contribution in [0.3, 0.4) is 0 Å². The molecule has 0 aliphatic rings. The van der Waals surface area contributed by atoms with E-state index >= 15 is 0 Å². The number of benzene rings is 1. The second-order valence-electron chi connectivity index (χ2n) is 3.07. The van der Waals surface area contributed by atoms with Crippen molar-refractivity contribution < 1.29 is 4.79 Å². The van der Waals surface area contributed by atoms with Crippen LogP contribution in [0.4, 0.5) is 0 Å². The van der Waals surface area contributed by atoms with E-state index in [4.69, 9.17) is 12.2 Å². The molecule has 0 amide bonds. The van der Waals surface area contributed by atoms with Crippen molar-refractivity contribution in [2.75, 3.05) is 0 Å². The first-order valence-electron chi connectivity index (χ1n) is 4.50. The normalized spacial score (nSPS) is 9.43. The van der Waals surface area contributed by atoms with E-state index in [0.29, 0.717) is 13.0 Å². The highest BCUT2D eigenvalue weighted by Crippen LogP contribution is 2.09. The number of rotatable bonds is 4. The van der Waals surface area contributed by atoms with Gasteiger partial charge in [0, 0.05) is 13.0 Å². The zero-order valence-corrected chi connectivity index (χ0v) is 7.99. The van der Waals surface area contributed by atoms with Gasteiger partial charge >= 0.3 is 0 Å². The van der Waals surface area contributed by atoms with Gasteiger partial charge in [-0.3, -0.25) is 4.79 Å². The van der Waals surface area contributed by atoms with Crippen molar-refractivity contribution in [1.29, 1.82) is 0 Å². The van der Waals surface area contributed by atoms with Crippen LogP contribution in [0, 0.1) is 12.3 Å². The van der Waals surface area contributed by atoms with Gasteiger partial charge in [-0.2, -0.15) is 0 Å². The zero-order valence-electron chi connectivity index (χ0n) is 7.99. The van der Waals surface area contributed by atoms with Gasteiger partial charge in [0.1, 0.15) is 5.78 Å². The fourth-order valence-corrected chi connectivity index (χ4v) is 1.32. The molecule has 0 aromatic heterocycles. The lowest BCUT2D eigenvalue weighted by Crippen LogP contribution is -2.06. The maximum absolute atomic E-state index is 11.3. The molecule has 0 bridgehead atoms. The molecule has 0 unspecified atom stereocenters. The van der Waals surface area contributed by atoms with Crippen molar-refractivity contribution in [1.82, 2.24) is 0 Å². The number of Topliss-reactive ketones (excluding diaryl/α,β-unsaturated/α-hetero) is 1. The molecule has 0 atom stereocenters. The van der Waals surface area contributed by atoms with E-state index in [1.807, 2.05) is 24.3 Å². The second kappa shape index (κ2) is 5.21. The smallest absolute Gasteiger partial charge is 0.149 e. The van der Waals surface area contributed by atoms with Gasteiger partial charge in [-0.1, -0.05) is 30.2 Å². The molecule has 0 radical (unpaired) electrons. The molecule has 0 saturated heterocycles. The van der Waals surface area contributed by atoms with E-state index in [1.54, 1.807) is 0 Å². The van der Waals surface area contributed by atoms with E-state index in [0.717, 1.165) is 11.1 Å². The van der Waals surface area contributed by atoms with Gasteiger partial charge in [0.15, 0.2) is 0 Å². The highest BCUT2D eigenvalue weighted by atomic mass is 16.1. The van der Waals surface area contributed by atoms with E-state index in [1.165, 1.54) is 0 Å². The van der Waals surface area contributed by atoms with E-state index in [-0.39, 0.29) is 12.2 Å². The number of nitrogens with two attached hydrogens (primary N) is 1. The molecule has 14 heavy (non-hydrogen) atoms. The molecule has 0 saturated carbocycles. The van der Waals surface area contributed by atoms with Crippen LogP contribution in [-0.2, 0) is 17.8 Å². The van der Waals surface area contributed by atoms with Crippen molar-refractivity contribution in [3.63, 3.8) is 0 Å². The Balaban J connectivity index is 2.76. The largest absolute Gasteiger partial charge is 0.326 e. The maximum atomic E-state index is 11.3.